The summed E-state index contributed by atoms with van der Waals surface area (Å²) in [6.45, 7) is 0.599. The Labute approximate surface area is 116 Å². The van der Waals surface area contributed by atoms with Gasteiger partial charge in [-0.25, -0.2) is 4.98 Å². The minimum atomic E-state index is 0.410. The molecule has 1 aromatic carbocycles. The van der Waals surface area contributed by atoms with Crippen LogP contribution < -0.4 is 10.1 Å². The zero-order chi connectivity index (χ0) is 13.7. The van der Waals surface area contributed by atoms with Gasteiger partial charge in [0.05, 0.1) is 12.1 Å². The van der Waals surface area contributed by atoms with E-state index in [1.54, 1.807) is 25.4 Å². The van der Waals surface area contributed by atoms with Crippen LogP contribution in [0.5, 0.6) is 5.75 Å². The van der Waals surface area contributed by atoms with Crippen LogP contribution >= 0.6 is 11.6 Å². The van der Waals surface area contributed by atoms with Crippen molar-refractivity contribution in [1.82, 2.24) is 4.98 Å². The molecule has 2 aromatic rings. The lowest BCUT2D eigenvalue weighted by atomic mass is 10.2. The number of nitrogens with zero attached hydrogens (tertiary/aromatic N) is 2. The van der Waals surface area contributed by atoms with Crippen molar-refractivity contribution in [3.05, 3.63) is 52.8 Å². The van der Waals surface area contributed by atoms with Gasteiger partial charge in [0.1, 0.15) is 17.5 Å². The molecule has 96 valence electrons. The number of anilines is 1. The van der Waals surface area contributed by atoms with Crippen LogP contribution in [0.15, 0.2) is 36.5 Å². The topological polar surface area (TPSA) is 57.9 Å². The number of nitrogens with one attached hydrogen (secondary N) is 1. The molecule has 2 rings (SSSR count). The third-order valence-corrected chi connectivity index (χ3v) is 2.90. The average Bonchev–Trinajstić information content (AvgIpc) is 2.46. The van der Waals surface area contributed by atoms with Crippen LogP contribution in [0.25, 0.3) is 0 Å². The summed E-state index contributed by atoms with van der Waals surface area (Å²) in [5.74, 6) is 0.624. The number of hydrogen-bond donors (Lipinski definition) is 1. The number of nitriles is 1. The predicted molar refractivity (Wildman–Crippen MR) is 74.3 cm³/mol. The minimum absolute atomic E-state index is 0.410. The second-order valence-electron chi connectivity index (χ2n) is 3.86. The minimum Gasteiger partial charge on any atom is -0.495 e. The Kier molecular flexibility index (Phi) is 4.22. The molecule has 0 amide bonds. The van der Waals surface area contributed by atoms with Gasteiger partial charge >= 0.3 is 0 Å². The third kappa shape index (κ3) is 3.36. The Bertz CT molecular complexity index is 622. The molecule has 1 aromatic heterocycles. The number of benzene rings is 1. The standard InChI is InChI=1S/C14H12ClN3O/c1-19-14-7-11(2-3-13(14)15)18-9-10-4-5-17-12(6-10)8-16/h2-7,18H,9H2,1H3. The first kappa shape index (κ1) is 13.2. The molecular formula is C14H12ClN3O. The van der Waals surface area contributed by atoms with Crippen LogP contribution in [0.4, 0.5) is 5.69 Å². The number of halogens is 1. The first-order valence-electron chi connectivity index (χ1n) is 5.65. The van der Waals surface area contributed by atoms with E-state index in [1.165, 1.54) is 0 Å². The highest BCUT2D eigenvalue weighted by molar-refractivity contribution is 6.32. The molecule has 0 aliphatic rings. The van der Waals surface area contributed by atoms with E-state index in [-0.39, 0.29) is 0 Å². The summed E-state index contributed by atoms with van der Waals surface area (Å²) in [6, 6.07) is 11.1. The maximum atomic E-state index is 8.78. The van der Waals surface area contributed by atoms with Crippen molar-refractivity contribution >= 4 is 17.3 Å². The van der Waals surface area contributed by atoms with Gasteiger partial charge in [-0.2, -0.15) is 5.26 Å². The first-order valence-corrected chi connectivity index (χ1v) is 6.03. The van der Waals surface area contributed by atoms with Crippen molar-refractivity contribution in [2.75, 3.05) is 12.4 Å². The maximum absolute atomic E-state index is 8.78. The summed E-state index contributed by atoms with van der Waals surface area (Å²) in [5.41, 5.74) is 2.30. The molecule has 0 bridgehead atoms. The van der Waals surface area contributed by atoms with E-state index >= 15 is 0 Å². The monoisotopic (exact) mass is 273 g/mol. The van der Waals surface area contributed by atoms with E-state index in [0.29, 0.717) is 23.0 Å². The highest BCUT2D eigenvalue weighted by Crippen LogP contribution is 2.27. The molecule has 1 heterocycles. The van der Waals surface area contributed by atoms with E-state index in [9.17, 15) is 0 Å². The normalized spacial score (nSPS) is 9.74. The summed E-state index contributed by atoms with van der Waals surface area (Å²) in [4.78, 5) is 3.93. The SMILES string of the molecule is COc1cc(NCc2ccnc(C#N)c2)ccc1Cl. The Morgan fingerprint density at radius 1 is 1.37 bits per heavy atom. The molecule has 0 aliphatic heterocycles. The van der Waals surface area contributed by atoms with Crippen LogP contribution in [-0.4, -0.2) is 12.1 Å². The van der Waals surface area contributed by atoms with Crippen molar-refractivity contribution in [1.29, 1.82) is 5.26 Å². The van der Waals surface area contributed by atoms with E-state index in [4.69, 9.17) is 21.6 Å². The number of methoxy groups -OCH3 is 1. The zero-order valence-electron chi connectivity index (χ0n) is 10.4. The first-order chi connectivity index (χ1) is 9.22. The molecule has 0 aliphatic carbocycles. The molecule has 5 heteroatoms. The largest absolute Gasteiger partial charge is 0.495 e. The Morgan fingerprint density at radius 2 is 2.21 bits per heavy atom. The van der Waals surface area contributed by atoms with Gasteiger partial charge in [0.15, 0.2) is 0 Å². The summed E-state index contributed by atoms with van der Waals surface area (Å²) in [6.07, 6.45) is 1.62. The number of rotatable bonds is 4. The van der Waals surface area contributed by atoms with Crippen molar-refractivity contribution in [3.8, 4) is 11.8 Å². The quantitative estimate of drug-likeness (QED) is 0.929. The highest BCUT2D eigenvalue weighted by atomic mass is 35.5. The van der Waals surface area contributed by atoms with Crippen LogP contribution in [0.2, 0.25) is 5.02 Å². The van der Waals surface area contributed by atoms with Crippen molar-refractivity contribution in [2.45, 2.75) is 6.54 Å². The zero-order valence-corrected chi connectivity index (χ0v) is 11.1. The van der Waals surface area contributed by atoms with Gasteiger partial charge in [-0.3, -0.25) is 0 Å². The summed E-state index contributed by atoms with van der Waals surface area (Å²) >= 11 is 5.96. The van der Waals surface area contributed by atoms with E-state index in [2.05, 4.69) is 10.3 Å². The van der Waals surface area contributed by atoms with Gasteiger partial charge in [-0.1, -0.05) is 11.6 Å². The van der Waals surface area contributed by atoms with E-state index in [0.717, 1.165) is 11.3 Å². The van der Waals surface area contributed by atoms with Crippen LogP contribution in [0.1, 0.15) is 11.3 Å². The fourth-order valence-electron chi connectivity index (χ4n) is 1.62. The van der Waals surface area contributed by atoms with Crippen LogP contribution in [0.3, 0.4) is 0 Å². The molecule has 4 nitrogen and oxygen atoms in total. The van der Waals surface area contributed by atoms with Gasteiger partial charge in [0.25, 0.3) is 0 Å². The molecule has 0 fully saturated rings. The van der Waals surface area contributed by atoms with Gasteiger partial charge in [0.2, 0.25) is 0 Å². The lowest BCUT2D eigenvalue weighted by Crippen LogP contribution is -2.00. The number of aromatic nitrogens is 1. The molecule has 19 heavy (non-hydrogen) atoms. The lowest BCUT2D eigenvalue weighted by molar-refractivity contribution is 0.415. The molecule has 0 spiro atoms. The summed E-state index contributed by atoms with van der Waals surface area (Å²) in [7, 11) is 1.58. The second-order valence-corrected chi connectivity index (χ2v) is 4.27. The van der Waals surface area contributed by atoms with Gasteiger partial charge in [-0.15, -0.1) is 0 Å². The molecule has 0 unspecified atom stereocenters. The van der Waals surface area contributed by atoms with Crippen molar-refractivity contribution in [2.24, 2.45) is 0 Å². The predicted octanol–water partition coefficient (Wildman–Crippen LogP) is 3.23. The van der Waals surface area contributed by atoms with E-state index in [1.807, 2.05) is 24.3 Å². The number of hydrogen-bond acceptors (Lipinski definition) is 4. The molecule has 0 saturated heterocycles. The lowest BCUT2D eigenvalue weighted by Gasteiger charge is -2.09. The number of pyridine rings is 1. The second kappa shape index (κ2) is 6.07. The average molecular weight is 274 g/mol. The Hall–Kier alpha value is -2.25. The fraction of sp³-hybridized carbons (Fsp3) is 0.143. The van der Waals surface area contributed by atoms with Crippen LogP contribution in [-0.2, 0) is 6.54 Å². The summed E-state index contributed by atoms with van der Waals surface area (Å²) < 4.78 is 5.15. The van der Waals surface area contributed by atoms with Gasteiger partial charge in [0, 0.05) is 24.5 Å². The van der Waals surface area contributed by atoms with Gasteiger partial charge in [-0.05, 0) is 29.8 Å². The molecule has 1 N–H and O–H groups in total. The summed E-state index contributed by atoms with van der Waals surface area (Å²) in [5, 5.41) is 12.6. The molecule has 0 atom stereocenters. The van der Waals surface area contributed by atoms with E-state index < -0.39 is 0 Å². The third-order valence-electron chi connectivity index (χ3n) is 2.59. The Morgan fingerprint density at radius 3 is 2.95 bits per heavy atom. The van der Waals surface area contributed by atoms with Crippen molar-refractivity contribution < 1.29 is 4.74 Å². The molecule has 0 saturated carbocycles. The number of ether oxygens (including phenoxy) is 1. The molecular weight excluding hydrogens is 262 g/mol. The van der Waals surface area contributed by atoms with Crippen LogP contribution in [0, 0.1) is 11.3 Å². The fourth-order valence-corrected chi connectivity index (χ4v) is 1.81. The molecule has 0 radical (unpaired) electrons. The smallest absolute Gasteiger partial charge is 0.140 e. The van der Waals surface area contributed by atoms with Gasteiger partial charge < -0.3 is 10.1 Å². The van der Waals surface area contributed by atoms with Crippen molar-refractivity contribution in [3.63, 3.8) is 0 Å². The highest BCUT2D eigenvalue weighted by Gasteiger charge is 2.02. The maximum Gasteiger partial charge on any atom is 0.140 e. The Balaban J connectivity index is 2.08.